The van der Waals surface area contributed by atoms with Gasteiger partial charge in [-0.3, -0.25) is 28.8 Å². The zero-order valence-electron chi connectivity index (χ0n) is 44.6. The number of hydrogen-bond donors (Lipinski definition) is 6. The van der Waals surface area contributed by atoms with Crippen LogP contribution in [0.1, 0.15) is 126 Å². The van der Waals surface area contributed by atoms with Crippen LogP contribution in [0, 0.1) is 17.3 Å². The van der Waals surface area contributed by atoms with Crippen LogP contribution in [0.4, 0.5) is 10.5 Å². The molecule has 2 unspecified atom stereocenters. The number of ketones is 1. The fourth-order valence-electron chi connectivity index (χ4n) is 11.2. The van der Waals surface area contributed by atoms with Crippen LogP contribution in [-0.2, 0) is 48.0 Å². The van der Waals surface area contributed by atoms with Crippen molar-refractivity contribution in [3.8, 4) is 0 Å². The van der Waals surface area contributed by atoms with Crippen LogP contribution in [-0.4, -0.2) is 109 Å². The van der Waals surface area contributed by atoms with Gasteiger partial charge in [-0.25, -0.2) is 4.79 Å². The maximum atomic E-state index is 14.7. The predicted octanol–water partition coefficient (Wildman–Crippen LogP) is 6.93. The van der Waals surface area contributed by atoms with Crippen LogP contribution in [0.25, 0.3) is 0 Å². The molecular weight excluding hydrogens is 937 g/mol. The molecule has 4 aliphatic rings. The van der Waals surface area contributed by atoms with Crippen molar-refractivity contribution in [2.75, 3.05) is 25.1 Å². The van der Waals surface area contributed by atoms with Crippen molar-refractivity contribution in [2.24, 2.45) is 17.3 Å². The van der Waals surface area contributed by atoms with Crippen molar-refractivity contribution in [2.45, 2.75) is 167 Å². The Hall–Kier alpha value is -5.87. The highest BCUT2D eigenvalue weighted by Crippen LogP contribution is 2.36. The number of nitrogens with zero attached hydrogens (tertiary/aromatic N) is 2. The molecule has 15 nitrogen and oxygen atoms in total. The van der Waals surface area contributed by atoms with Gasteiger partial charge in [0, 0.05) is 43.1 Å². The van der Waals surface area contributed by atoms with E-state index in [1.165, 1.54) is 11.1 Å². The molecule has 6 N–H and O–H groups in total. The van der Waals surface area contributed by atoms with E-state index in [9.17, 15) is 33.6 Å². The lowest BCUT2D eigenvalue weighted by molar-refractivity contribution is -0.146. The van der Waals surface area contributed by atoms with Crippen LogP contribution >= 0.6 is 0 Å². The molecule has 2 fully saturated rings. The zero-order chi connectivity index (χ0) is 52.8. The van der Waals surface area contributed by atoms with Crippen LogP contribution < -0.4 is 31.9 Å². The van der Waals surface area contributed by atoms with Crippen LogP contribution in [0.15, 0.2) is 72.8 Å². The minimum absolute atomic E-state index is 0.00472. The van der Waals surface area contributed by atoms with E-state index in [2.05, 4.69) is 63.2 Å². The maximum absolute atomic E-state index is 14.7. The molecule has 0 saturated carbocycles. The molecule has 0 bridgehead atoms. The summed E-state index contributed by atoms with van der Waals surface area (Å²) in [6.07, 6.45) is 6.85. The number of Topliss-reactive ketones (excluding diaryl/α,β-unsaturated/α-hetero) is 1. The van der Waals surface area contributed by atoms with Gasteiger partial charge < -0.3 is 41.7 Å². The lowest BCUT2D eigenvalue weighted by atomic mass is 9.76. The highest BCUT2D eigenvalue weighted by atomic mass is 28.3. The van der Waals surface area contributed by atoms with Gasteiger partial charge in [0.05, 0.1) is 32.2 Å². The Morgan fingerprint density at radius 3 is 1.88 bits per heavy atom. The van der Waals surface area contributed by atoms with Gasteiger partial charge in [-0.1, -0.05) is 108 Å². The summed E-state index contributed by atoms with van der Waals surface area (Å²) in [7, 11) is -0.299. The van der Waals surface area contributed by atoms with E-state index in [1.807, 2.05) is 65.0 Å². The number of likely N-dealkylation sites (tertiary alicyclic amines) is 1. The molecular formula is C57H80N8O7Si. The summed E-state index contributed by atoms with van der Waals surface area (Å²) in [4.78, 5) is 102. The molecule has 7 rings (SSSR count). The van der Waals surface area contributed by atoms with Crippen molar-refractivity contribution in [1.29, 1.82) is 0 Å². The van der Waals surface area contributed by atoms with Crippen molar-refractivity contribution < 1.29 is 33.6 Å². The molecule has 0 aromatic heterocycles. The molecule has 9 atom stereocenters. The van der Waals surface area contributed by atoms with Gasteiger partial charge in [-0.2, -0.15) is 0 Å². The number of fused-ring (bicyclic) bond motifs is 2. The Morgan fingerprint density at radius 1 is 0.740 bits per heavy atom. The summed E-state index contributed by atoms with van der Waals surface area (Å²) >= 11 is 0. The summed E-state index contributed by atoms with van der Waals surface area (Å²) in [6, 6.07) is 19.7. The van der Waals surface area contributed by atoms with Crippen LogP contribution in [0.2, 0.25) is 19.1 Å². The number of likely N-dealkylation sites (N-methyl/N-ethyl adjacent to an activating group) is 1. The molecule has 73 heavy (non-hydrogen) atoms. The quantitative estimate of drug-likeness (QED) is 0.0783. The number of urea groups is 1. The van der Waals surface area contributed by atoms with E-state index in [4.69, 9.17) is 0 Å². The lowest BCUT2D eigenvalue weighted by Gasteiger charge is -2.36. The van der Waals surface area contributed by atoms with Gasteiger partial charge in [0.25, 0.3) is 0 Å². The Kier molecular flexibility index (Phi) is 17.7. The minimum Gasteiger partial charge on any atom is -0.348 e. The first-order valence-electron chi connectivity index (χ1n) is 26.7. The predicted molar refractivity (Wildman–Crippen MR) is 287 cm³/mol. The number of carbonyl (C=O) groups excluding carboxylic acids is 7. The number of aryl methyl sites for hydroxylation is 2. The van der Waals surface area contributed by atoms with E-state index < -0.39 is 55.6 Å². The normalized spacial score (nSPS) is 22.9. The van der Waals surface area contributed by atoms with Crippen LogP contribution in [0.3, 0.4) is 0 Å². The minimum atomic E-state index is -2.01. The Balaban J connectivity index is 1.04. The largest absolute Gasteiger partial charge is 0.348 e. The highest BCUT2D eigenvalue weighted by Gasteiger charge is 2.48. The molecule has 394 valence electrons. The maximum Gasteiger partial charge on any atom is 0.319 e. The van der Waals surface area contributed by atoms with Gasteiger partial charge >= 0.3 is 6.03 Å². The first-order chi connectivity index (χ1) is 34.7. The van der Waals surface area contributed by atoms with E-state index in [0.717, 1.165) is 55.2 Å². The second kappa shape index (κ2) is 23.6. The number of nitrogens with one attached hydrogen (secondary N) is 6. The fraction of sp³-hybridized carbons (Fsp3) is 0.561. The molecule has 0 radical (unpaired) electrons. The first-order valence-corrected chi connectivity index (χ1v) is 30.1. The van der Waals surface area contributed by atoms with Crippen molar-refractivity contribution in [1.82, 2.24) is 36.4 Å². The molecule has 16 heteroatoms. The summed E-state index contributed by atoms with van der Waals surface area (Å²) < 4.78 is 0. The molecule has 7 amide bonds. The van der Waals surface area contributed by atoms with Crippen molar-refractivity contribution in [3.05, 3.63) is 101 Å². The number of hydrogen-bond acceptors (Lipinski definition) is 8. The zero-order valence-corrected chi connectivity index (χ0v) is 45.6. The Morgan fingerprint density at radius 2 is 1.32 bits per heavy atom. The topological polar surface area (TPSA) is 198 Å². The summed E-state index contributed by atoms with van der Waals surface area (Å²) in [5.74, 6) is -2.40. The third kappa shape index (κ3) is 13.5. The SMILES string of the molecule is CC[C@@H](C)C(=O)N[C@@H](Cc1ccc(NC(=O)NC2C[C@@H](C(=O)N[C@@H]3CCCc4ccccc43)N(C(=O)[C@@H](CC(=O)[C@H](C)NC)C(C)(C)C)C2)cc1)C(=O)N1C[Si](C)(C)C[C@H]1C(=O)NC1CCCc2ccccc21. The van der Waals surface area contributed by atoms with Crippen LogP contribution in [0.5, 0.6) is 0 Å². The van der Waals surface area contributed by atoms with Gasteiger partial charge in [-0.15, -0.1) is 0 Å². The van der Waals surface area contributed by atoms with Gasteiger partial charge in [-0.05, 0) is 117 Å². The van der Waals surface area contributed by atoms with Crippen molar-refractivity contribution >= 4 is 55.1 Å². The third-order valence-corrected chi connectivity index (χ3v) is 18.6. The van der Waals surface area contributed by atoms with Gasteiger partial charge in [0.2, 0.25) is 29.5 Å². The highest BCUT2D eigenvalue weighted by molar-refractivity contribution is 6.79. The molecule has 3 aromatic rings. The summed E-state index contributed by atoms with van der Waals surface area (Å²) in [5, 5.41) is 18.5. The number of benzene rings is 3. The number of anilines is 1. The second-order valence-electron chi connectivity index (χ2n) is 23.1. The summed E-state index contributed by atoms with van der Waals surface area (Å²) in [6.45, 7) is 15.8. The number of amides is 7. The summed E-state index contributed by atoms with van der Waals surface area (Å²) in [5.41, 5.74) is 5.26. The number of carbonyl (C=O) groups is 7. The van der Waals surface area contributed by atoms with E-state index in [0.29, 0.717) is 24.3 Å². The third-order valence-electron chi connectivity index (χ3n) is 15.9. The van der Waals surface area contributed by atoms with Gasteiger partial charge in [0.1, 0.15) is 23.9 Å². The van der Waals surface area contributed by atoms with E-state index in [-0.39, 0.29) is 79.1 Å². The monoisotopic (exact) mass is 1020 g/mol. The van der Waals surface area contributed by atoms with Gasteiger partial charge in [0.15, 0.2) is 0 Å². The Bertz CT molecular complexity index is 2510. The molecule has 0 spiro atoms. The molecule has 3 aromatic carbocycles. The second-order valence-corrected chi connectivity index (χ2v) is 28.1. The molecule has 2 saturated heterocycles. The standard InChI is InChI=1S/C57H80N8O7Si/c1-10-35(2)51(67)63-47(55(71)65-34-73(8,9)33-49(65)53(69)62-46-24-16-20-39-18-12-14-22-43(39)46)29-37-25-27-40(28-26-37)59-56(72)60-41-30-48(52(68)61-45-23-15-19-38-17-11-13-21-42(38)45)64(32-41)54(70)44(57(4,5)6)31-50(66)36(3)58-7/h11-14,17-18,21-22,25-28,35-36,41,44-49,58H,10,15-16,19-20,23-24,29-34H2,1-9H3,(H,61,68)(H,62,69)(H,63,67)(H2,59,60,72)/t35-,36+,41?,44-,45-,46?,47+,48+,49+/m1/s1. The Labute approximate surface area is 433 Å². The fourth-order valence-corrected chi connectivity index (χ4v) is 14.1. The van der Waals surface area contributed by atoms with E-state index >= 15 is 0 Å². The smallest absolute Gasteiger partial charge is 0.319 e. The number of rotatable bonds is 17. The average Bonchev–Trinajstić information content (AvgIpc) is 3.94. The van der Waals surface area contributed by atoms with Crippen molar-refractivity contribution in [3.63, 3.8) is 0 Å². The lowest BCUT2D eigenvalue weighted by Crippen LogP contribution is -2.55. The average molecular weight is 1020 g/mol. The molecule has 2 heterocycles. The first kappa shape index (κ1) is 54.9. The molecule has 2 aliphatic carbocycles. The molecule has 2 aliphatic heterocycles. The van der Waals surface area contributed by atoms with E-state index in [1.54, 1.807) is 48.0 Å².